The van der Waals surface area contributed by atoms with Crippen LogP contribution in [0.1, 0.15) is 37.9 Å². The zero-order valence-corrected chi connectivity index (χ0v) is 13.4. The van der Waals surface area contributed by atoms with Crippen LogP contribution in [-0.2, 0) is 13.0 Å². The molecule has 1 aromatic carbocycles. The molecule has 0 aliphatic heterocycles. The van der Waals surface area contributed by atoms with Gasteiger partial charge >= 0.3 is 0 Å². The Bertz CT molecular complexity index is 516. The van der Waals surface area contributed by atoms with E-state index < -0.39 is 0 Å². The van der Waals surface area contributed by atoms with Gasteiger partial charge in [0.25, 0.3) is 0 Å². The van der Waals surface area contributed by atoms with Crippen LogP contribution >= 0.6 is 0 Å². The summed E-state index contributed by atoms with van der Waals surface area (Å²) in [6, 6.07) is 12.9. The van der Waals surface area contributed by atoms with Gasteiger partial charge in [0, 0.05) is 30.9 Å². The molecular formula is C18H27N3. The SMILES string of the molecule is CCn1nccc1CC(CNCC(C)C)c1ccccc1. The Morgan fingerprint density at radius 3 is 2.52 bits per heavy atom. The lowest BCUT2D eigenvalue weighted by molar-refractivity contribution is 0.502. The molecule has 114 valence electrons. The van der Waals surface area contributed by atoms with Crippen LogP contribution in [0.5, 0.6) is 0 Å². The first-order chi connectivity index (χ1) is 10.2. The molecule has 1 unspecified atom stereocenters. The molecular weight excluding hydrogens is 258 g/mol. The molecule has 21 heavy (non-hydrogen) atoms. The van der Waals surface area contributed by atoms with Crippen LogP contribution in [0.15, 0.2) is 42.6 Å². The minimum absolute atomic E-state index is 0.493. The molecule has 1 aromatic heterocycles. The molecule has 0 aliphatic rings. The third-order valence-electron chi connectivity index (χ3n) is 3.77. The van der Waals surface area contributed by atoms with E-state index in [0.717, 1.165) is 26.1 Å². The maximum absolute atomic E-state index is 4.39. The molecule has 0 aliphatic carbocycles. The molecule has 0 bridgehead atoms. The fourth-order valence-corrected chi connectivity index (χ4v) is 2.65. The summed E-state index contributed by atoms with van der Waals surface area (Å²) in [7, 11) is 0. The minimum atomic E-state index is 0.493. The first kappa shape index (κ1) is 15.8. The Labute approximate surface area is 128 Å². The van der Waals surface area contributed by atoms with Crippen molar-refractivity contribution in [3.63, 3.8) is 0 Å². The number of nitrogens with one attached hydrogen (secondary N) is 1. The van der Waals surface area contributed by atoms with Gasteiger partial charge in [0.1, 0.15) is 0 Å². The monoisotopic (exact) mass is 285 g/mol. The highest BCUT2D eigenvalue weighted by Crippen LogP contribution is 2.20. The predicted molar refractivity (Wildman–Crippen MR) is 88.5 cm³/mol. The summed E-state index contributed by atoms with van der Waals surface area (Å²) < 4.78 is 2.10. The van der Waals surface area contributed by atoms with E-state index in [2.05, 4.69) is 72.3 Å². The molecule has 1 heterocycles. The molecule has 0 fully saturated rings. The highest BCUT2D eigenvalue weighted by Gasteiger charge is 2.14. The van der Waals surface area contributed by atoms with Crippen LogP contribution in [0.2, 0.25) is 0 Å². The highest BCUT2D eigenvalue weighted by atomic mass is 15.3. The van der Waals surface area contributed by atoms with Crippen LogP contribution in [0.4, 0.5) is 0 Å². The van der Waals surface area contributed by atoms with Gasteiger partial charge in [-0.3, -0.25) is 4.68 Å². The van der Waals surface area contributed by atoms with Gasteiger partial charge in [-0.2, -0.15) is 5.10 Å². The average Bonchev–Trinajstić information content (AvgIpc) is 2.94. The van der Waals surface area contributed by atoms with Gasteiger partial charge in [-0.1, -0.05) is 44.2 Å². The van der Waals surface area contributed by atoms with Gasteiger partial charge in [0.15, 0.2) is 0 Å². The molecule has 0 amide bonds. The summed E-state index contributed by atoms with van der Waals surface area (Å²) in [6.45, 7) is 9.65. The van der Waals surface area contributed by atoms with Gasteiger partial charge in [-0.05, 0) is 37.4 Å². The number of aromatic nitrogens is 2. The van der Waals surface area contributed by atoms with Crippen LogP contribution in [0, 0.1) is 5.92 Å². The quantitative estimate of drug-likeness (QED) is 0.805. The highest BCUT2D eigenvalue weighted by molar-refractivity contribution is 5.22. The Morgan fingerprint density at radius 1 is 1.10 bits per heavy atom. The topological polar surface area (TPSA) is 29.9 Å². The van der Waals surface area contributed by atoms with Crippen molar-refractivity contribution >= 4 is 0 Å². The Balaban J connectivity index is 2.08. The van der Waals surface area contributed by atoms with E-state index in [4.69, 9.17) is 0 Å². The summed E-state index contributed by atoms with van der Waals surface area (Å²) in [5.74, 6) is 1.18. The zero-order chi connectivity index (χ0) is 15.1. The molecule has 2 aromatic rings. The number of hydrogen-bond donors (Lipinski definition) is 1. The van der Waals surface area contributed by atoms with Crippen molar-refractivity contribution in [3.05, 3.63) is 53.9 Å². The van der Waals surface area contributed by atoms with Crippen molar-refractivity contribution in [1.82, 2.24) is 15.1 Å². The first-order valence-corrected chi connectivity index (χ1v) is 7.97. The number of aryl methyl sites for hydroxylation is 1. The number of nitrogens with zero attached hydrogens (tertiary/aromatic N) is 2. The number of rotatable bonds is 8. The second-order valence-corrected chi connectivity index (χ2v) is 6.00. The van der Waals surface area contributed by atoms with Crippen LogP contribution in [-0.4, -0.2) is 22.9 Å². The van der Waals surface area contributed by atoms with Gasteiger partial charge in [-0.25, -0.2) is 0 Å². The fourth-order valence-electron chi connectivity index (χ4n) is 2.65. The van der Waals surface area contributed by atoms with Crippen molar-refractivity contribution in [1.29, 1.82) is 0 Å². The van der Waals surface area contributed by atoms with Crippen molar-refractivity contribution < 1.29 is 0 Å². The molecule has 1 N–H and O–H groups in total. The van der Waals surface area contributed by atoms with E-state index in [1.165, 1.54) is 11.3 Å². The van der Waals surface area contributed by atoms with E-state index >= 15 is 0 Å². The third kappa shape index (κ3) is 4.71. The first-order valence-electron chi connectivity index (χ1n) is 7.97. The number of benzene rings is 1. The molecule has 2 rings (SSSR count). The largest absolute Gasteiger partial charge is 0.316 e. The van der Waals surface area contributed by atoms with Gasteiger partial charge < -0.3 is 5.32 Å². The van der Waals surface area contributed by atoms with E-state index in [9.17, 15) is 0 Å². The molecule has 0 saturated carbocycles. The molecule has 0 radical (unpaired) electrons. The zero-order valence-electron chi connectivity index (χ0n) is 13.4. The summed E-state index contributed by atoms with van der Waals surface area (Å²) in [4.78, 5) is 0. The summed E-state index contributed by atoms with van der Waals surface area (Å²) >= 11 is 0. The van der Waals surface area contributed by atoms with Crippen LogP contribution < -0.4 is 5.32 Å². The van der Waals surface area contributed by atoms with Crippen molar-refractivity contribution in [2.75, 3.05) is 13.1 Å². The summed E-state index contributed by atoms with van der Waals surface area (Å²) in [5.41, 5.74) is 2.72. The Morgan fingerprint density at radius 2 is 1.86 bits per heavy atom. The van der Waals surface area contributed by atoms with E-state index in [-0.39, 0.29) is 0 Å². The second kappa shape index (κ2) is 7.99. The Hall–Kier alpha value is -1.61. The predicted octanol–water partition coefficient (Wildman–Crippen LogP) is 3.47. The lowest BCUT2D eigenvalue weighted by atomic mass is 9.94. The van der Waals surface area contributed by atoms with Crippen molar-refractivity contribution in [3.8, 4) is 0 Å². The molecule has 3 nitrogen and oxygen atoms in total. The maximum atomic E-state index is 4.39. The summed E-state index contributed by atoms with van der Waals surface area (Å²) in [5, 5.41) is 7.99. The normalized spacial score (nSPS) is 12.8. The lowest BCUT2D eigenvalue weighted by Crippen LogP contribution is -2.27. The molecule has 1 atom stereocenters. The fraction of sp³-hybridized carbons (Fsp3) is 0.500. The average molecular weight is 285 g/mol. The van der Waals surface area contributed by atoms with E-state index in [1.807, 2.05) is 6.20 Å². The number of hydrogen-bond acceptors (Lipinski definition) is 2. The summed E-state index contributed by atoms with van der Waals surface area (Å²) in [6.07, 6.45) is 2.94. The van der Waals surface area contributed by atoms with Crippen LogP contribution in [0.3, 0.4) is 0 Å². The molecule has 0 saturated heterocycles. The standard InChI is InChI=1S/C18H27N3/c1-4-21-18(10-11-20-21)12-17(14-19-13-15(2)3)16-8-6-5-7-9-16/h5-11,15,17,19H,4,12-14H2,1-3H3. The van der Waals surface area contributed by atoms with Gasteiger partial charge in [-0.15, -0.1) is 0 Å². The van der Waals surface area contributed by atoms with Gasteiger partial charge in [0.2, 0.25) is 0 Å². The maximum Gasteiger partial charge on any atom is 0.0492 e. The van der Waals surface area contributed by atoms with E-state index in [1.54, 1.807) is 0 Å². The smallest absolute Gasteiger partial charge is 0.0492 e. The van der Waals surface area contributed by atoms with Gasteiger partial charge in [0.05, 0.1) is 0 Å². The molecule has 0 spiro atoms. The van der Waals surface area contributed by atoms with Crippen molar-refractivity contribution in [2.24, 2.45) is 5.92 Å². The van der Waals surface area contributed by atoms with E-state index in [0.29, 0.717) is 11.8 Å². The lowest BCUT2D eigenvalue weighted by Gasteiger charge is -2.19. The van der Waals surface area contributed by atoms with Crippen LogP contribution in [0.25, 0.3) is 0 Å². The third-order valence-corrected chi connectivity index (χ3v) is 3.77. The van der Waals surface area contributed by atoms with Crippen molar-refractivity contribution in [2.45, 2.75) is 39.7 Å². The second-order valence-electron chi connectivity index (χ2n) is 6.00. The Kier molecular flexibility index (Phi) is 6.00. The minimum Gasteiger partial charge on any atom is -0.316 e. The molecule has 3 heteroatoms.